The number of aryl methyl sites for hydroxylation is 1. The van der Waals surface area contributed by atoms with Crippen molar-refractivity contribution in [1.29, 1.82) is 0 Å². The molecule has 0 unspecified atom stereocenters. The lowest BCUT2D eigenvalue weighted by Gasteiger charge is -2.32. The van der Waals surface area contributed by atoms with Crippen LogP contribution in [0, 0.1) is 6.92 Å². The predicted molar refractivity (Wildman–Crippen MR) is 123 cm³/mol. The Labute approximate surface area is 183 Å². The molecular weight excluding hydrogens is 384 g/mol. The first-order valence-corrected chi connectivity index (χ1v) is 10.9. The average Bonchev–Trinajstić information content (AvgIpc) is 2.84. The van der Waals surface area contributed by atoms with E-state index < -0.39 is 0 Å². The van der Waals surface area contributed by atoms with Crippen LogP contribution in [-0.4, -0.2) is 29.7 Å². The van der Waals surface area contributed by atoms with Crippen molar-refractivity contribution >= 4 is 11.7 Å². The fourth-order valence-corrected chi connectivity index (χ4v) is 4.29. The average molecular weight is 413 g/mol. The van der Waals surface area contributed by atoms with E-state index in [1.165, 1.54) is 5.56 Å². The second-order valence-corrected chi connectivity index (χ2v) is 8.26. The van der Waals surface area contributed by atoms with Crippen LogP contribution >= 0.6 is 0 Å². The highest BCUT2D eigenvalue weighted by Crippen LogP contribution is 2.29. The molecule has 1 fully saturated rings. The van der Waals surface area contributed by atoms with Gasteiger partial charge < -0.3 is 10.6 Å². The van der Waals surface area contributed by atoms with Crippen molar-refractivity contribution in [3.63, 3.8) is 0 Å². The summed E-state index contributed by atoms with van der Waals surface area (Å²) in [6.45, 7) is 3.89. The van der Waals surface area contributed by atoms with Gasteiger partial charge in [-0.05, 0) is 42.9 Å². The predicted octanol–water partition coefficient (Wildman–Crippen LogP) is 4.70. The SMILES string of the molecule is Cc1ccc(C(=O)c2ccccc2C(=O)N2CCC(c3cccc(CN)c3)CC2)cc1. The molecule has 0 radical (unpaired) electrons. The number of nitrogens with two attached hydrogens (primary N) is 1. The standard InChI is InChI=1S/C27H28N2O2/c1-19-9-11-22(12-10-19)26(30)24-7-2-3-8-25(24)27(31)29-15-13-21(14-16-29)23-6-4-5-20(17-23)18-28/h2-12,17,21H,13-16,18,28H2,1H3. The normalized spacial score (nSPS) is 14.5. The molecule has 158 valence electrons. The highest BCUT2D eigenvalue weighted by molar-refractivity contribution is 6.15. The fraction of sp³-hybridized carbons (Fsp3) is 0.259. The lowest BCUT2D eigenvalue weighted by molar-refractivity contribution is 0.0709. The van der Waals surface area contributed by atoms with Crippen LogP contribution in [0.4, 0.5) is 0 Å². The molecule has 1 aliphatic heterocycles. The second kappa shape index (κ2) is 9.27. The lowest BCUT2D eigenvalue weighted by Crippen LogP contribution is -2.38. The van der Waals surface area contributed by atoms with Crippen molar-refractivity contribution in [2.45, 2.75) is 32.2 Å². The van der Waals surface area contributed by atoms with Crippen molar-refractivity contribution in [2.75, 3.05) is 13.1 Å². The fourth-order valence-electron chi connectivity index (χ4n) is 4.29. The number of carbonyl (C=O) groups excluding carboxylic acids is 2. The first-order chi connectivity index (χ1) is 15.1. The molecule has 3 aromatic carbocycles. The number of likely N-dealkylation sites (tertiary alicyclic amines) is 1. The minimum Gasteiger partial charge on any atom is -0.339 e. The van der Waals surface area contributed by atoms with E-state index in [2.05, 4.69) is 18.2 Å². The highest BCUT2D eigenvalue weighted by atomic mass is 16.2. The van der Waals surface area contributed by atoms with E-state index in [9.17, 15) is 9.59 Å². The Balaban J connectivity index is 1.49. The van der Waals surface area contributed by atoms with E-state index in [0.29, 0.717) is 42.2 Å². The Kier molecular flexibility index (Phi) is 6.28. The van der Waals surface area contributed by atoms with E-state index in [4.69, 9.17) is 5.73 Å². The number of hydrogen-bond donors (Lipinski definition) is 1. The molecule has 0 aromatic heterocycles. The number of hydrogen-bond acceptors (Lipinski definition) is 3. The van der Waals surface area contributed by atoms with Gasteiger partial charge in [-0.1, -0.05) is 72.3 Å². The van der Waals surface area contributed by atoms with Gasteiger partial charge in [0, 0.05) is 30.8 Å². The molecule has 31 heavy (non-hydrogen) atoms. The second-order valence-electron chi connectivity index (χ2n) is 8.26. The van der Waals surface area contributed by atoms with Crippen LogP contribution in [0.5, 0.6) is 0 Å². The minimum absolute atomic E-state index is 0.0646. The molecule has 0 bridgehead atoms. The third-order valence-corrected chi connectivity index (χ3v) is 6.16. The number of benzene rings is 3. The molecule has 4 nitrogen and oxygen atoms in total. The molecule has 4 heteroatoms. The van der Waals surface area contributed by atoms with Gasteiger partial charge in [-0.2, -0.15) is 0 Å². The third-order valence-electron chi connectivity index (χ3n) is 6.16. The van der Waals surface area contributed by atoms with Crippen molar-refractivity contribution in [1.82, 2.24) is 4.90 Å². The number of nitrogens with zero attached hydrogens (tertiary/aromatic N) is 1. The summed E-state index contributed by atoms with van der Waals surface area (Å²) in [4.78, 5) is 28.3. The molecule has 4 rings (SSSR count). The van der Waals surface area contributed by atoms with Crippen molar-refractivity contribution in [2.24, 2.45) is 5.73 Å². The van der Waals surface area contributed by atoms with Crippen LogP contribution in [0.25, 0.3) is 0 Å². The Morgan fingerprint density at radius 2 is 1.58 bits per heavy atom. The van der Waals surface area contributed by atoms with Crippen LogP contribution in [0.2, 0.25) is 0 Å². The van der Waals surface area contributed by atoms with E-state index in [1.807, 2.05) is 54.3 Å². The van der Waals surface area contributed by atoms with Gasteiger partial charge in [0.05, 0.1) is 5.56 Å². The van der Waals surface area contributed by atoms with Crippen LogP contribution in [-0.2, 0) is 6.54 Å². The Morgan fingerprint density at radius 1 is 0.903 bits per heavy atom. The summed E-state index contributed by atoms with van der Waals surface area (Å²) < 4.78 is 0. The summed E-state index contributed by atoms with van der Waals surface area (Å²) >= 11 is 0. The van der Waals surface area contributed by atoms with E-state index >= 15 is 0 Å². The molecule has 1 aliphatic rings. The molecule has 0 aliphatic carbocycles. The van der Waals surface area contributed by atoms with Gasteiger partial charge in [0.25, 0.3) is 5.91 Å². The first-order valence-electron chi connectivity index (χ1n) is 10.9. The van der Waals surface area contributed by atoms with E-state index in [0.717, 1.165) is 24.0 Å². The largest absolute Gasteiger partial charge is 0.339 e. The maximum absolute atomic E-state index is 13.3. The Morgan fingerprint density at radius 3 is 2.26 bits per heavy atom. The summed E-state index contributed by atoms with van der Waals surface area (Å²) in [5.41, 5.74) is 10.9. The number of amides is 1. The van der Waals surface area contributed by atoms with E-state index in [1.54, 1.807) is 12.1 Å². The maximum atomic E-state index is 13.3. The molecule has 0 spiro atoms. The summed E-state index contributed by atoms with van der Waals surface area (Å²) in [6.07, 6.45) is 1.82. The molecular formula is C27H28N2O2. The molecule has 0 saturated carbocycles. The van der Waals surface area contributed by atoms with Crippen LogP contribution in [0.15, 0.2) is 72.8 Å². The zero-order valence-corrected chi connectivity index (χ0v) is 17.9. The van der Waals surface area contributed by atoms with Gasteiger partial charge in [-0.15, -0.1) is 0 Å². The van der Waals surface area contributed by atoms with Crippen LogP contribution < -0.4 is 5.73 Å². The van der Waals surface area contributed by atoms with Gasteiger partial charge >= 0.3 is 0 Å². The minimum atomic E-state index is -0.113. The molecule has 2 N–H and O–H groups in total. The number of carbonyl (C=O) groups is 2. The third kappa shape index (κ3) is 4.59. The molecule has 0 atom stereocenters. The van der Waals surface area contributed by atoms with Crippen LogP contribution in [0.3, 0.4) is 0 Å². The van der Waals surface area contributed by atoms with Crippen molar-refractivity contribution in [3.05, 3.63) is 106 Å². The Hall–Kier alpha value is -3.24. The summed E-state index contributed by atoms with van der Waals surface area (Å²) in [5, 5.41) is 0. The number of ketones is 1. The van der Waals surface area contributed by atoms with Crippen molar-refractivity contribution in [3.8, 4) is 0 Å². The number of piperidine rings is 1. The summed E-state index contributed by atoms with van der Waals surface area (Å²) in [7, 11) is 0. The van der Waals surface area contributed by atoms with Gasteiger partial charge in [-0.25, -0.2) is 0 Å². The number of rotatable bonds is 5. The van der Waals surface area contributed by atoms with E-state index in [-0.39, 0.29) is 11.7 Å². The zero-order valence-electron chi connectivity index (χ0n) is 17.9. The Bertz CT molecular complexity index is 1080. The quantitative estimate of drug-likeness (QED) is 0.618. The van der Waals surface area contributed by atoms with Gasteiger partial charge in [0.15, 0.2) is 5.78 Å². The van der Waals surface area contributed by atoms with Gasteiger partial charge in [-0.3, -0.25) is 9.59 Å². The maximum Gasteiger partial charge on any atom is 0.254 e. The highest BCUT2D eigenvalue weighted by Gasteiger charge is 2.27. The van der Waals surface area contributed by atoms with Gasteiger partial charge in [0.1, 0.15) is 0 Å². The summed E-state index contributed by atoms with van der Waals surface area (Å²) in [5.74, 6) is 0.252. The smallest absolute Gasteiger partial charge is 0.254 e. The molecule has 3 aromatic rings. The molecule has 1 saturated heterocycles. The zero-order chi connectivity index (χ0) is 21.8. The summed E-state index contributed by atoms with van der Waals surface area (Å²) in [6, 6.07) is 23.1. The lowest BCUT2D eigenvalue weighted by atomic mass is 9.88. The molecule has 1 heterocycles. The van der Waals surface area contributed by atoms with Crippen molar-refractivity contribution < 1.29 is 9.59 Å². The molecule has 1 amide bonds. The first kappa shape index (κ1) is 21.0. The van der Waals surface area contributed by atoms with Crippen LogP contribution in [0.1, 0.15) is 61.7 Å². The topological polar surface area (TPSA) is 63.4 Å². The monoisotopic (exact) mass is 412 g/mol. The van der Waals surface area contributed by atoms with Gasteiger partial charge in [0.2, 0.25) is 0 Å².